The fraction of sp³-hybridized carbons (Fsp3) is 0.385. The summed E-state index contributed by atoms with van der Waals surface area (Å²) in [6.07, 6.45) is 0.686. The second kappa shape index (κ2) is 4.33. The zero-order chi connectivity index (χ0) is 12.8. The Morgan fingerprint density at radius 3 is 2.89 bits per heavy atom. The monoisotopic (exact) mass is 281 g/mol. The molecule has 1 aliphatic heterocycles. The van der Waals surface area contributed by atoms with E-state index in [4.69, 9.17) is 5.73 Å². The van der Waals surface area contributed by atoms with Gasteiger partial charge in [-0.05, 0) is 34.7 Å². The van der Waals surface area contributed by atoms with Crippen LogP contribution in [-0.2, 0) is 9.84 Å². The first kappa shape index (κ1) is 12.1. The van der Waals surface area contributed by atoms with Crippen molar-refractivity contribution in [3.8, 4) is 0 Å². The minimum atomic E-state index is -2.86. The molecule has 2 N–H and O–H groups in total. The van der Waals surface area contributed by atoms with Gasteiger partial charge in [0.15, 0.2) is 9.84 Å². The Hall–Kier alpha value is -0.910. The number of nitrogens with two attached hydrogens (primary N) is 1. The van der Waals surface area contributed by atoms with Gasteiger partial charge in [-0.3, -0.25) is 0 Å². The van der Waals surface area contributed by atoms with Gasteiger partial charge in [0.25, 0.3) is 0 Å². The third-order valence-electron chi connectivity index (χ3n) is 3.64. The summed E-state index contributed by atoms with van der Waals surface area (Å²) in [6.45, 7) is 0. The van der Waals surface area contributed by atoms with Gasteiger partial charge < -0.3 is 5.73 Å². The quantitative estimate of drug-likeness (QED) is 0.919. The summed E-state index contributed by atoms with van der Waals surface area (Å²) in [7, 11) is -2.86. The molecule has 18 heavy (non-hydrogen) atoms. The summed E-state index contributed by atoms with van der Waals surface area (Å²) >= 11 is 1.67. The van der Waals surface area contributed by atoms with E-state index >= 15 is 0 Å². The van der Waals surface area contributed by atoms with Crippen LogP contribution in [0.1, 0.15) is 18.0 Å². The Kier molecular flexibility index (Phi) is 2.92. The number of sulfone groups is 1. The summed E-state index contributed by atoms with van der Waals surface area (Å²) in [4.78, 5) is 0. The number of thiophene rings is 1. The number of hydrogen-bond acceptors (Lipinski definition) is 4. The first-order valence-corrected chi connectivity index (χ1v) is 8.69. The van der Waals surface area contributed by atoms with Crippen LogP contribution in [0.2, 0.25) is 0 Å². The SMILES string of the molecule is NC(c1cccc2ccsc12)C1CCS(=O)(=O)C1. The van der Waals surface area contributed by atoms with Crippen LogP contribution < -0.4 is 5.73 Å². The summed E-state index contributed by atoms with van der Waals surface area (Å²) in [5.74, 6) is 0.574. The number of fused-ring (bicyclic) bond motifs is 1. The third-order valence-corrected chi connectivity index (χ3v) is 6.42. The number of hydrogen-bond donors (Lipinski definition) is 1. The van der Waals surface area contributed by atoms with Crippen molar-refractivity contribution in [2.75, 3.05) is 11.5 Å². The molecule has 1 aromatic carbocycles. The van der Waals surface area contributed by atoms with Crippen molar-refractivity contribution < 1.29 is 8.42 Å². The molecule has 1 fully saturated rings. The lowest BCUT2D eigenvalue weighted by molar-refractivity contribution is 0.483. The average molecular weight is 281 g/mol. The van der Waals surface area contributed by atoms with E-state index in [-0.39, 0.29) is 23.5 Å². The van der Waals surface area contributed by atoms with Crippen LogP contribution in [0.15, 0.2) is 29.6 Å². The Morgan fingerprint density at radius 1 is 1.33 bits per heavy atom. The molecule has 0 aliphatic carbocycles. The number of rotatable bonds is 2. The van der Waals surface area contributed by atoms with Gasteiger partial charge in [-0.15, -0.1) is 11.3 Å². The van der Waals surface area contributed by atoms with Crippen LogP contribution in [0.5, 0.6) is 0 Å². The topological polar surface area (TPSA) is 60.2 Å². The van der Waals surface area contributed by atoms with E-state index in [9.17, 15) is 8.42 Å². The molecular formula is C13H15NO2S2. The van der Waals surface area contributed by atoms with Gasteiger partial charge in [0.05, 0.1) is 11.5 Å². The molecule has 1 saturated heterocycles. The molecule has 5 heteroatoms. The van der Waals surface area contributed by atoms with E-state index < -0.39 is 9.84 Å². The lowest BCUT2D eigenvalue weighted by Crippen LogP contribution is -2.22. The van der Waals surface area contributed by atoms with E-state index in [1.807, 2.05) is 17.5 Å². The molecule has 2 aromatic rings. The molecule has 1 aliphatic rings. The molecule has 0 bridgehead atoms. The maximum absolute atomic E-state index is 11.5. The zero-order valence-electron chi connectivity index (χ0n) is 9.87. The molecule has 2 atom stereocenters. The Bertz CT molecular complexity index is 675. The number of benzene rings is 1. The standard InChI is InChI=1S/C13H15NO2S2/c14-12(10-5-7-18(15,16)8-10)11-3-1-2-9-4-6-17-13(9)11/h1-4,6,10,12H,5,7-8,14H2. The van der Waals surface area contributed by atoms with Gasteiger partial charge in [0.1, 0.15) is 0 Å². The summed E-state index contributed by atoms with van der Waals surface area (Å²) < 4.78 is 24.3. The molecule has 3 nitrogen and oxygen atoms in total. The maximum Gasteiger partial charge on any atom is 0.150 e. The molecule has 0 amide bonds. The second-order valence-corrected chi connectivity index (χ2v) is 8.02. The largest absolute Gasteiger partial charge is 0.324 e. The summed E-state index contributed by atoms with van der Waals surface area (Å²) in [6, 6.07) is 7.97. The van der Waals surface area contributed by atoms with Crippen LogP contribution in [-0.4, -0.2) is 19.9 Å². The van der Waals surface area contributed by atoms with Crippen LogP contribution in [0, 0.1) is 5.92 Å². The smallest absolute Gasteiger partial charge is 0.150 e. The van der Waals surface area contributed by atoms with Crippen molar-refractivity contribution in [3.63, 3.8) is 0 Å². The highest BCUT2D eigenvalue weighted by atomic mass is 32.2. The van der Waals surface area contributed by atoms with Gasteiger partial charge in [-0.25, -0.2) is 8.42 Å². The van der Waals surface area contributed by atoms with Crippen molar-refractivity contribution in [3.05, 3.63) is 35.2 Å². The van der Waals surface area contributed by atoms with E-state index in [1.54, 1.807) is 11.3 Å². The highest BCUT2D eigenvalue weighted by Crippen LogP contribution is 2.35. The normalized spacial score (nSPS) is 24.4. The molecule has 0 spiro atoms. The van der Waals surface area contributed by atoms with Crippen molar-refractivity contribution in [2.24, 2.45) is 11.7 Å². The first-order chi connectivity index (χ1) is 8.57. The van der Waals surface area contributed by atoms with Gasteiger partial charge in [0.2, 0.25) is 0 Å². The first-order valence-electron chi connectivity index (χ1n) is 5.99. The average Bonchev–Trinajstić information content (AvgIpc) is 2.93. The van der Waals surface area contributed by atoms with Crippen LogP contribution >= 0.6 is 11.3 Å². The Balaban J connectivity index is 1.97. The lowest BCUT2D eigenvalue weighted by atomic mass is 9.93. The maximum atomic E-state index is 11.5. The molecule has 2 heterocycles. The molecule has 0 radical (unpaired) electrons. The van der Waals surface area contributed by atoms with Crippen LogP contribution in [0.3, 0.4) is 0 Å². The highest BCUT2D eigenvalue weighted by Gasteiger charge is 2.33. The van der Waals surface area contributed by atoms with Gasteiger partial charge in [0, 0.05) is 10.7 Å². The molecule has 3 rings (SSSR count). The minimum Gasteiger partial charge on any atom is -0.324 e. The zero-order valence-corrected chi connectivity index (χ0v) is 11.5. The molecular weight excluding hydrogens is 266 g/mol. The predicted molar refractivity (Wildman–Crippen MR) is 75.5 cm³/mol. The van der Waals surface area contributed by atoms with E-state index in [0.29, 0.717) is 6.42 Å². The molecule has 96 valence electrons. The van der Waals surface area contributed by atoms with Gasteiger partial charge in [-0.2, -0.15) is 0 Å². The van der Waals surface area contributed by atoms with Gasteiger partial charge >= 0.3 is 0 Å². The Morgan fingerprint density at radius 2 is 2.17 bits per heavy atom. The summed E-state index contributed by atoms with van der Waals surface area (Å²) in [5.41, 5.74) is 7.38. The Labute approximate surface area is 111 Å². The highest BCUT2D eigenvalue weighted by molar-refractivity contribution is 7.91. The van der Waals surface area contributed by atoms with Crippen molar-refractivity contribution in [1.29, 1.82) is 0 Å². The van der Waals surface area contributed by atoms with E-state index in [2.05, 4.69) is 12.1 Å². The molecule has 2 unspecified atom stereocenters. The minimum absolute atomic E-state index is 0.0581. The lowest BCUT2D eigenvalue weighted by Gasteiger charge is -2.18. The van der Waals surface area contributed by atoms with Crippen molar-refractivity contribution in [1.82, 2.24) is 0 Å². The van der Waals surface area contributed by atoms with E-state index in [0.717, 1.165) is 5.56 Å². The third kappa shape index (κ3) is 2.06. The van der Waals surface area contributed by atoms with Crippen molar-refractivity contribution >= 4 is 31.3 Å². The fourth-order valence-corrected chi connectivity index (χ4v) is 5.46. The predicted octanol–water partition coefficient (Wildman–Crippen LogP) is 2.34. The molecule has 0 saturated carbocycles. The fourth-order valence-electron chi connectivity index (χ4n) is 2.64. The molecule has 1 aromatic heterocycles. The van der Waals surface area contributed by atoms with Crippen LogP contribution in [0.25, 0.3) is 10.1 Å². The van der Waals surface area contributed by atoms with Crippen molar-refractivity contribution in [2.45, 2.75) is 12.5 Å². The van der Waals surface area contributed by atoms with Crippen LogP contribution in [0.4, 0.5) is 0 Å². The van der Waals surface area contributed by atoms with E-state index in [1.165, 1.54) is 10.1 Å². The summed E-state index contributed by atoms with van der Waals surface area (Å²) in [5, 5.41) is 3.24. The second-order valence-electron chi connectivity index (χ2n) is 4.88. The van der Waals surface area contributed by atoms with Gasteiger partial charge in [-0.1, -0.05) is 18.2 Å².